The van der Waals surface area contributed by atoms with Gasteiger partial charge in [0.05, 0.1) is 0 Å². The van der Waals surface area contributed by atoms with Gasteiger partial charge in [0, 0.05) is 21.1 Å². The van der Waals surface area contributed by atoms with E-state index in [1.54, 1.807) is 0 Å². The quantitative estimate of drug-likeness (QED) is 0.480. The van der Waals surface area contributed by atoms with E-state index >= 15 is 0 Å². The Morgan fingerprint density at radius 3 is 0.263 bits per heavy atom. The molecule has 0 aromatic carbocycles. The van der Waals surface area contributed by atoms with Crippen molar-refractivity contribution in [1.29, 1.82) is 42.1 Å². The summed E-state index contributed by atoms with van der Waals surface area (Å²) in [6, 6.07) is 0. The summed E-state index contributed by atoms with van der Waals surface area (Å²) in [6.07, 6.45) is 0. The molecule has 0 atom stereocenters. The van der Waals surface area contributed by atoms with E-state index in [9.17, 15) is 0 Å². The SMILES string of the molecule is [C-]#N.[C-]#N.[C-]#N.[C-]#N.[C-]#N.[C-]#N.[C-]#N.[C-]#N.[Mo].[NH4+].[NH4+]. The van der Waals surface area contributed by atoms with Crippen LogP contribution in [0.3, 0.4) is 0 Å². The van der Waals surface area contributed by atoms with Crippen LogP contribution in [0.1, 0.15) is 0 Å². The van der Waals surface area contributed by atoms with Gasteiger partial charge in [-0.05, 0) is 0 Å². The number of nitrogens with zero attached hydrogens (tertiary/aromatic N) is 8. The van der Waals surface area contributed by atoms with Crippen molar-refractivity contribution in [3.05, 3.63) is 52.6 Å². The van der Waals surface area contributed by atoms with Gasteiger partial charge in [0.25, 0.3) is 0 Å². The molecule has 19 heavy (non-hydrogen) atoms. The smallest absolute Gasteiger partial charge is 0 e. The molecule has 0 amide bonds. The predicted octanol–water partition coefficient (Wildman–Crippen LogP) is 1.52. The van der Waals surface area contributed by atoms with Crippen LogP contribution in [0.4, 0.5) is 0 Å². The minimum Gasteiger partial charge on any atom is -0.512 e. The molecule has 0 saturated heterocycles. The molecule has 10 nitrogen and oxygen atoms in total. The van der Waals surface area contributed by atoms with Crippen LogP contribution in [-0.2, 0) is 21.1 Å². The van der Waals surface area contributed by atoms with Crippen LogP contribution in [-0.4, -0.2) is 0 Å². The maximum absolute atomic E-state index is 6.25. The van der Waals surface area contributed by atoms with Crippen molar-refractivity contribution < 1.29 is 21.1 Å². The van der Waals surface area contributed by atoms with Crippen molar-refractivity contribution in [2.24, 2.45) is 0 Å². The third-order valence-corrected chi connectivity index (χ3v) is 0. The molecule has 8 N–H and O–H groups in total. The summed E-state index contributed by atoms with van der Waals surface area (Å²) in [5.74, 6) is 0. The van der Waals surface area contributed by atoms with Gasteiger partial charge in [0.15, 0.2) is 0 Å². The summed E-state index contributed by atoms with van der Waals surface area (Å²) >= 11 is 0. The summed E-state index contributed by atoms with van der Waals surface area (Å²) in [7, 11) is 0. The van der Waals surface area contributed by atoms with Crippen LogP contribution >= 0.6 is 0 Å². The Hall–Kier alpha value is -3.47. The summed E-state index contributed by atoms with van der Waals surface area (Å²) < 4.78 is 0. The third-order valence-electron chi connectivity index (χ3n) is 0. The number of hydrogen-bond acceptors (Lipinski definition) is 8. The fourth-order valence-corrected chi connectivity index (χ4v) is 0. The number of hydrogen-bond donors (Lipinski definition) is 2. The average molecular weight is 340 g/mol. The molecule has 0 spiro atoms. The molecule has 0 bridgehead atoms. The summed E-state index contributed by atoms with van der Waals surface area (Å²) in [5.41, 5.74) is 0. The van der Waals surface area contributed by atoms with E-state index in [0.717, 1.165) is 0 Å². The first kappa shape index (κ1) is 160. The Morgan fingerprint density at radius 1 is 0.263 bits per heavy atom. The van der Waals surface area contributed by atoms with Crippen molar-refractivity contribution in [3.63, 3.8) is 0 Å². The Morgan fingerprint density at radius 2 is 0.263 bits per heavy atom. The van der Waals surface area contributed by atoms with Gasteiger partial charge in [-0.3, -0.25) is 0 Å². The van der Waals surface area contributed by atoms with E-state index in [-0.39, 0.29) is 33.4 Å². The van der Waals surface area contributed by atoms with Crippen molar-refractivity contribution in [3.8, 4) is 0 Å². The Bertz CT molecular complexity index is 134. The van der Waals surface area contributed by atoms with Gasteiger partial charge in [-0.1, -0.05) is 0 Å². The average Bonchev–Trinajstić information content (AvgIpc) is 2.54. The van der Waals surface area contributed by atoms with Crippen LogP contribution in [0.25, 0.3) is 0 Å². The van der Waals surface area contributed by atoms with Crippen LogP contribution in [0.2, 0.25) is 0 Å². The Labute approximate surface area is 128 Å². The minimum atomic E-state index is 0. The largest absolute Gasteiger partial charge is 0.512 e. The molecule has 0 aromatic heterocycles. The summed E-state index contributed by atoms with van der Waals surface area (Å²) in [6.45, 7) is 38.0. The Balaban J connectivity index is -0.00000000418. The summed E-state index contributed by atoms with van der Waals surface area (Å²) in [5, 5.41) is 50.0. The molecule has 0 heterocycles. The first-order valence-electron chi connectivity index (χ1n) is 1.79. The molecule has 102 valence electrons. The van der Waals surface area contributed by atoms with Gasteiger partial charge < -0.3 is 107 Å². The molecular weight excluding hydrogens is 332 g/mol. The molecular formula is C8H8MoN10-6. The van der Waals surface area contributed by atoms with Gasteiger partial charge in [0.2, 0.25) is 0 Å². The normalized spacial score (nSPS) is 0.842. The number of quaternary nitrogens is 2. The third kappa shape index (κ3) is 189. The van der Waals surface area contributed by atoms with Crippen LogP contribution in [0, 0.1) is 94.7 Å². The van der Waals surface area contributed by atoms with E-state index < -0.39 is 0 Å². The second kappa shape index (κ2) is 221. The fourth-order valence-electron chi connectivity index (χ4n) is 0. The van der Waals surface area contributed by atoms with E-state index in [2.05, 4.69) is 0 Å². The van der Waals surface area contributed by atoms with Gasteiger partial charge in [-0.25, -0.2) is 0 Å². The first-order valence-corrected chi connectivity index (χ1v) is 1.79. The predicted molar refractivity (Wildman–Crippen MR) is 51.7 cm³/mol. The molecule has 0 radical (unpaired) electrons. The van der Waals surface area contributed by atoms with Crippen molar-refractivity contribution in [1.82, 2.24) is 12.3 Å². The fraction of sp³-hybridized carbons (Fsp3) is 0. The molecule has 0 aliphatic heterocycles. The van der Waals surface area contributed by atoms with E-state index in [4.69, 9.17) is 94.7 Å². The van der Waals surface area contributed by atoms with Crippen molar-refractivity contribution in [2.45, 2.75) is 0 Å². The van der Waals surface area contributed by atoms with E-state index in [1.807, 2.05) is 0 Å². The zero-order valence-electron chi connectivity index (χ0n) is 9.99. The van der Waals surface area contributed by atoms with Gasteiger partial charge in [0.1, 0.15) is 0 Å². The van der Waals surface area contributed by atoms with Crippen LogP contribution in [0.5, 0.6) is 0 Å². The van der Waals surface area contributed by atoms with Gasteiger partial charge >= 0.3 is 0 Å². The topological polar surface area (TPSA) is 263 Å². The molecule has 0 aromatic rings. The molecule has 0 fully saturated rings. The van der Waals surface area contributed by atoms with Crippen molar-refractivity contribution in [2.75, 3.05) is 0 Å². The van der Waals surface area contributed by atoms with E-state index in [1.165, 1.54) is 0 Å². The zero-order chi connectivity index (χ0) is 16.0. The standard InChI is InChI=1S/8CN.Mo.2H3N/c8*1-2;;;/h;;;;;;;;;2*1H3/q8*-1;;;/p+2. The van der Waals surface area contributed by atoms with Crippen molar-refractivity contribution >= 4 is 0 Å². The second-order valence-electron chi connectivity index (χ2n) is 0. The maximum Gasteiger partial charge on any atom is 0 e. The Kier molecular flexibility index (Phi) is 1860. The number of rotatable bonds is 0. The first-order chi connectivity index (χ1) is 8.00. The second-order valence-corrected chi connectivity index (χ2v) is 0. The monoisotopic (exact) mass is 342 g/mol. The zero-order valence-corrected chi connectivity index (χ0v) is 12.0. The maximum atomic E-state index is 6.25. The van der Waals surface area contributed by atoms with Gasteiger partial charge in [-0.15, -0.1) is 0 Å². The molecule has 0 aliphatic carbocycles. The van der Waals surface area contributed by atoms with Crippen LogP contribution in [0.15, 0.2) is 0 Å². The van der Waals surface area contributed by atoms with Gasteiger partial charge in [-0.2, -0.15) is 0 Å². The summed E-state index contributed by atoms with van der Waals surface area (Å²) in [4.78, 5) is 0. The van der Waals surface area contributed by atoms with Crippen LogP contribution < -0.4 is 12.3 Å². The molecule has 0 rings (SSSR count). The minimum absolute atomic E-state index is 0. The van der Waals surface area contributed by atoms with E-state index in [0.29, 0.717) is 0 Å². The molecule has 11 heteroatoms. The molecule has 0 aliphatic rings. The molecule has 0 saturated carbocycles. The molecule has 0 unspecified atom stereocenters.